The summed E-state index contributed by atoms with van der Waals surface area (Å²) in [5, 5.41) is 1.47. The molecule has 1 saturated heterocycles. The zero-order valence-corrected chi connectivity index (χ0v) is 21.8. The lowest BCUT2D eigenvalue weighted by molar-refractivity contribution is -0.627. The van der Waals surface area contributed by atoms with Crippen molar-refractivity contribution in [1.29, 1.82) is 0 Å². The number of nitrogens with zero attached hydrogens (tertiary/aromatic N) is 5. The van der Waals surface area contributed by atoms with Gasteiger partial charge in [0.15, 0.2) is 0 Å². The fourth-order valence-electron chi connectivity index (χ4n) is 3.95. The van der Waals surface area contributed by atoms with E-state index in [-0.39, 0.29) is 11.5 Å². The van der Waals surface area contributed by atoms with Crippen LogP contribution in [0.4, 0.5) is 5.13 Å². The van der Waals surface area contributed by atoms with E-state index in [1.165, 1.54) is 23.1 Å². The van der Waals surface area contributed by atoms with E-state index in [1.807, 2.05) is 74.0 Å². The van der Waals surface area contributed by atoms with Crippen molar-refractivity contribution in [3.63, 3.8) is 0 Å². The molecular formula is C24H24N5O2S3+. The molecule has 0 spiro atoms. The molecule has 0 radical (unpaired) electrons. The van der Waals surface area contributed by atoms with E-state index in [0.29, 0.717) is 32.4 Å². The highest BCUT2D eigenvalue weighted by molar-refractivity contribution is 8.23. The van der Waals surface area contributed by atoms with Gasteiger partial charge in [0.2, 0.25) is 0 Å². The SMILES string of the molecule is CCN1C(=O)C(=c2sc(=C3C=CC=CN3C)c(=O)n2CC)SC1=Nc1sc2ccccc2[n+]1C. The van der Waals surface area contributed by atoms with Gasteiger partial charge in [0.05, 0.1) is 17.4 Å². The third kappa shape index (κ3) is 3.66. The molecule has 0 unspecified atom stereocenters. The van der Waals surface area contributed by atoms with Gasteiger partial charge in [-0.25, -0.2) is 4.57 Å². The van der Waals surface area contributed by atoms with Crippen LogP contribution in [0.25, 0.3) is 20.8 Å². The molecule has 7 nitrogen and oxygen atoms in total. The van der Waals surface area contributed by atoms with Crippen molar-refractivity contribution in [3.05, 3.63) is 68.2 Å². The number of thiazole rings is 2. The van der Waals surface area contributed by atoms with E-state index in [4.69, 9.17) is 4.99 Å². The Morgan fingerprint density at radius 1 is 1.06 bits per heavy atom. The molecule has 2 aliphatic rings. The summed E-state index contributed by atoms with van der Waals surface area (Å²) >= 11 is 4.32. The normalized spacial score (nSPS) is 20.5. The molecule has 1 amide bonds. The van der Waals surface area contributed by atoms with Crippen molar-refractivity contribution in [2.75, 3.05) is 13.6 Å². The first-order valence-electron chi connectivity index (χ1n) is 11.0. The predicted molar refractivity (Wildman–Crippen MR) is 141 cm³/mol. The van der Waals surface area contributed by atoms with E-state index in [2.05, 4.69) is 12.1 Å². The number of hydrogen-bond acceptors (Lipinski definition) is 7. The lowest BCUT2D eigenvalue weighted by Gasteiger charge is -2.16. The van der Waals surface area contributed by atoms with Gasteiger partial charge in [-0.05, 0) is 66.2 Å². The maximum Gasteiger partial charge on any atom is 0.385 e. The summed E-state index contributed by atoms with van der Waals surface area (Å²) in [5.74, 6) is -0.109. The third-order valence-corrected chi connectivity index (χ3v) is 9.28. The summed E-state index contributed by atoms with van der Waals surface area (Å²) in [6.45, 7) is 4.87. The van der Waals surface area contributed by atoms with Crippen molar-refractivity contribution in [2.45, 2.75) is 20.4 Å². The van der Waals surface area contributed by atoms with Crippen molar-refractivity contribution >= 4 is 71.5 Å². The van der Waals surface area contributed by atoms with Gasteiger partial charge in [-0.1, -0.05) is 18.2 Å². The van der Waals surface area contributed by atoms with Gasteiger partial charge in [0.1, 0.15) is 19.6 Å². The van der Waals surface area contributed by atoms with Crippen LogP contribution < -0.4 is 19.3 Å². The third-order valence-electron chi connectivity index (χ3n) is 5.77. The maximum absolute atomic E-state index is 13.5. The Balaban J connectivity index is 1.69. The van der Waals surface area contributed by atoms with Gasteiger partial charge < -0.3 is 4.90 Å². The van der Waals surface area contributed by atoms with Crippen molar-refractivity contribution in [2.24, 2.45) is 12.0 Å². The highest BCUT2D eigenvalue weighted by Crippen LogP contribution is 2.34. The lowest BCUT2D eigenvalue weighted by Crippen LogP contribution is -2.35. The molecule has 0 bridgehead atoms. The molecule has 4 heterocycles. The zero-order valence-electron chi connectivity index (χ0n) is 19.3. The summed E-state index contributed by atoms with van der Waals surface area (Å²) in [7, 11) is 3.91. The van der Waals surface area contributed by atoms with Crippen LogP contribution >= 0.6 is 34.4 Å². The predicted octanol–water partition coefficient (Wildman–Crippen LogP) is 2.48. The fraction of sp³-hybridized carbons (Fsp3) is 0.250. The Labute approximate surface area is 209 Å². The topological polar surface area (TPSA) is 61.8 Å². The number of benzene rings is 1. The minimum atomic E-state index is -0.109. The number of thioether (sulfide) groups is 1. The average molecular weight is 511 g/mol. The van der Waals surface area contributed by atoms with E-state index in [1.54, 1.807) is 20.8 Å². The zero-order chi connectivity index (χ0) is 24.0. The van der Waals surface area contributed by atoms with E-state index in [0.717, 1.165) is 21.0 Å². The summed E-state index contributed by atoms with van der Waals surface area (Å²) in [6.07, 6.45) is 7.69. The van der Waals surface area contributed by atoms with Crippen LogP contribution in [0, 0.1) is 0 Å². The van der Waals surface area contributed by atoms with Crippen LogP contribution in [0.5, 0.6) is 0 Å². The van der Waals surface area contributed by atoms with Crippen molar-refractivity contribution < 1.29 is 9.36 Å². The van der Waals surface area contributed by atoms with Crippen LogP contribution in [0.15, 0.2) is 58.5 Å². The Morgan fingerprint density at radius 2 is 1.85 bits per heavy atom. The number of amides is 1. The molecule has 174 valence electrons. The van der Waals surface area contributed by atoms with Gasteiger partial charge in [-0.2, -0.15) is 0 Å². The summed E-state index contributed by atoms with van der Waals surface area (Å²) in [6, 6.07) is 8.16. The molecular weight excluding hydrogens is 486 g/mol. The molecule has 2 aromatic heterocycles. The van der Waals surface area contributed by atoms with E-state index in [9.17, 15) is 9.59 Å². The molecule has 1 fully saturated rings. The summed E-state index contributed by atoms with van der Waals surface area (Å²) in [4.78, 5) is 35.8. The number of aryl methyl sites for hydroxylation is 1. The second-order valence-electron chi connectivity index (χ2n) is 7.77. The molecule has 10 heteroatoms. The largest absolute Gasteiger partial charge is 0.385 e. The minimum absolute atomic E-state index is 0.0745. The van der Waals surface area contributed by atoms with Crippen molar-refractivity contribution in [3.8, 4) is 0 Å². The molecule has 5 rings (SSSR count). The van der Waals surface area contributed by atoms with Crippen LogP contribution in [0.1, 0.15) is 13.8 Å². The second kappa shape index (κ2) is 9.01. The number of aromatic nitrogens is 2. The second-order valence-corrected chi connectivity index (χ2v) is 10.8. The van der Waals surface area contributed by atoms with Crippen LogP contribution in [-0.4, -0.2) is 39.0 Å². The Morgan fingerprint density at radius 3 is 2.56 bits per heavy atom. The number of likely N-dealkylation sites (N-methyl/N-ethyl adjacent to an activating group) is 1. The first-order valence-corrected chi connectivity index (χ1v) is 13.4. The molecule has 0 aliphatic carbocycles. The lowest BCUT2D eigenvalue weighted by atomic mass is 10.3. The summed E-state index contributed by atoms with van der Waals surface area (Å²) < 4.78 is 6.20. The number of fused-ring (bicyclic) bond motifs is 1. The molecule has 0 atom stereocenters. The number of rotatable bonds is 3. The number of carbonyl (C=O) groups excluding carboxylic acids is 1. The van der Waals surface area contributed by atoms with Gasteiger partial charge in [-0.3, -0.25) is 19.1 Å². The maximum atomic E-state index is 13.5. The number of allylic oxidation sites excluding steroid dienone is 2. The van der Waals surface area contributed by atoms with Gasteiger partial charge in [-0.15, -0.1) is 11.3 Å². The fourth-order valence-corrected chi connectivity index (χ4v) is 7.52. The molecule has 0 saturated carbocycles. The van der Waals surface area contributed by atoms with E-state index < -0.39 is 0 Å². The van der Waals surface area contributed by atoms with Gasteiger partial charge in [0.25, 0.3) is 16.6 Å². The molecule has 34 heavy (non-hydrogen) atoms. The summed E-state index contributed by atoms with van der Waals surface area (Å²) in [5.41, 5.74) is 1.86. The number of aliphatic imine (C=N–C) groups is 1. The number of hydrogen-bond donors (Lipinski definition) is 0. The van der Waals surface area contributed by atoms with E-state index >= 15 is 0 Å². The number of para-hydroxylation sites is 1. The Hall–Kier alpha value is -2.95. The van der Waals surface area contributed by atoms with Crippen molar-refractivity contribution in [1.82, 2.24) is 14.4 Å². The smallest absolute Gasteiger partial charge is 0.350 e. The molecule has 2 aliphatic heterocycles. The standard InChI is InChI=1S/C24H24N5O2S3/c1-5-28-20(30)18(16-12-9-10-14-26(16)3)33-22(28)19-21(31)29(6-2)24(34-19)25-23-27(4)15-11-7-8-13-17(15)32-23/h7-14H,5-6H2,1-4H3/q+1. The highest BCUT2D eigenvalue weighted by atomic mass is 32.2. The van der Waals surface area contributed by atoms with Crippen LogP contribution in [0.3, 0.4) is 0 Å². The first-order chi connectivity index (χ1) is 16.4. The number of amidine groups is 1. The average Bonchev–Trinajstić information content (AvgIpc) is 3.45. The first kappa shape index (κ1) is 22.8. The van der Waals surface area contributed by atoms with Gasteiger partial charge >= 0.3 is 5.13 Å². The molecule has 0 N–H and O–H groups in total. The Bertz CT molecular complexity index is 1590. The number of carbonyl (C=O) groups is 1. The van der Waals surface area contributed by atoms with Gasteiger partial charge in [0, 0.05) is 26.3 Å². The highest BCUT2D eigenvalue weighted by Gasteiger charge is 2.38. The van der Waals surface area contributed by atoms with Crippen LogP contribution in [-0.2, 0) is 18.4 Å². The molecule has 3 aromatic rings. The monoisotopic (exact) mass is 510 g/mol. The Kier molecular flexibility index (Phi) is 6.05. The van der Waals surface area contributed by atoms with Crippen LogP contribution in [0.2, 0.25) is 0 Å². The quantitative estimate of drug-likeness (QED) is 0.508. The minimum Gasteiger partial charge on any atom is -0.350 e. The molecule has 1 aromatic carbocycles.